The number of hydrogen-bond donors (Lipinski definition) is 1. The van der Waals surface area contributed by atoms with E-state index in [1.54, 1.807) is 12.1 Å². The van der Waals surface area contributed by atoms with Crippen LogP contribution in [-0.4, -0.2) is 19.0 Å². The molecule has 1 aromatic rings. The van der Waals surface area contributed by atoms with E-state index in [2.05, 4.69) is 4.90 Å². The number of hydrogen-bond acceptors (Lipinski definition) is 2. The molecule has 0 radical (unpaired) electrons. The number of nitrogens with zero attached hydrogens (tertiary/aromatic N) is 1. The molecular formula is C12H15ClN2O. The van der Waals surface area contributed by atoms with Crippen molar-refractivity contribution in [3.63, 3.8) is 0 Å². The molecule has 0 saturated carbocycles. The Morgan fingerprint density at radius 2 is 1.94 bits per heavy atom. The van der Waals surface area contributed by atoms with E-state index in [1.165, 1.54) is 6.42 Å². The maximum absolute atomic E-state index is 11.3. The van der Waals surface area contributed by atoms with Crippen LogP contribution < -0.4 is 10.6 Å². The molecule has 1 aliphatic heterocycles. The lowest BCUT2D eigenvalue weighted by Gasteiger charge is -2.30. The van der Waals surface area contributed by atoms with Crippen molar-refractivity contribution in [2.24, 2.45) is 5.73 Å². The summed E-state index contributed by atoms with van der Waals surface area (Å²) in [7, 11) is 0. The van der Waals surface area contributed by atoms with E-state index < -0.39 is 5.91 Å². The molecule has 0 aliphatic carbocycles. The number of carbonyl (C=O) groups is 1. The minimum atomic E-state index is -0.391. The summed E-state index contributed by atoms with van der Waals surface area (Å²) in [6, 6.07) is 5.23. The highest BCUT2D eigenvalue weighted by Crippen LogP contribution is 2.27. The lowest BCUT2D eigenvalue weighted by molar-refractivity contribution is 0.100. The van der Waals surface area contributed by atoms with Crippen LogP contribution in [0.2, 0.25) is 5.02 Å². The third kappa shape index (κ3) is 2.30. The van der Waals surface area contributed by atoms with Crippen LogP contribution in [0.4, 0.5) is 5.69 Å². The molecule has 2 N–H and O–H groups in total. The topological polar surface area (TPSA) is 46.3 Å². The van der Waals surface area contributed by atoms with Gasteiger partial charge in [-0.1, -0.05) is 11.6 Å². The van der Waals surface area contributed by atoms with Gasteiger partial charge in [-0.25, -0.2) is 0 Å². The molecule has 1 fully saturated rings. The zero-order valence-electron chi connectivity index (χ0n) is 9.08. The molecule has 1 aliphatic rings. The van der Waals surface area contributed by atoms with Crippen LogP contribution in [-0.2, 0) is 0 Å². The van der Waals surface area contributed by atoms with Crippen LogP contribution >= 0.6 is 11.6 Å². The zero-order chi connectivity index (χ0) is 11.5. The standard InChI is InChI=1S/C12H15ClN2O/c13-9-4-5-10(12(14)16)11(8-9)15-6-2-1-3-7-15/h4-5,8H,1-3,6-7H2,(H2,14,16). The van der Waals surface area contributed by atoms with Gasteiger partial charge in [0.2, 0.25) is 0 Å². The maximum Gasteiger partial charge on any atom is 0.250 e. The van der Waals surface area contributed by atoms with E-state index in [0.717, 1.165) is 31.6 Å². The van der Waals surface area contributed by atoms with Crippen molar-refractivity contribution in [3.8, 4) is 0 Å². The third-order valence-electron chi connectivity index (χ3n) is 2.92. The fourth-order valence-corrected chi connectivity index (χ4v) is 2.28. The number of rotatable bonds is 2. The van der Waals surface area contributed by atoms with Crippen LogP contribution in [0, 0.1) is 0 Å². The Bertz CT molecular complexity index is 400. The SMILES string of the molecule is NC(=O)c1ccc(Cl)cc1N1CCCCC1. The lowest BCUT2D eigenvalue weighted by Crippen LogP contribution is -2.31. The van der Waals surface area contributed by atoms with Gasteiger partial charge in [-0.05, 0) is 37.5 Å². The molecule has 1 amide bonds. The Morgan fingerprint density at radius 3 is 2.56 bits per heavy atom. The Labute approximate surface area is 100 Å². The lowest BCUT2D eigenvalue weighted by atomic mass is 10.1. The quantitative estimate of drug-likeness (QED) is 0.860. The summed E-state index contributed by atoms with van der Waals surface area (Å²) in [5.41, 5.74) is 6.80. The number of anilines is 1. The van der Waals surface area contributed by atoms with Crippen molar-refractivity contribution >= 4 is 23.2 Å². The van der Waals surface area contributed by atoms with Crippen LogP contribution in [0.1, 0.15) is 29.6 Å². The van der Waals surface area contributed by atoms with Crippen LogP contribution in [0.3, 0.4) is 0 Å². The van der Waals surface area contributed by atoms with Crippen LogP contribution in [0.25, 0.3) is 0 Å². The van der Waals surface area contributed by atoms with E-state index in [0.29, 0.717) is 10.6 Å². The molecule has 0 spiro atoms. The van der Waals surface area contributed by atoms with E-state index in [9.17, 15) is 4.79 Å². The van der Waals surface area contributed by atoms with Gasteiger partial charge in [-0.2, -0.15) is 0 Å². The Kier molecular flexibility index (Phi) is 3.34. The minimum Gasteiger partial charge on any atom is -0.371 e. The average Bonchev–Trinajstić information content (AvgIpc) is 2.29. The molecular weight excluding hydrogens is 224 g/mol. The van der Waals surface area contributed by atoms with Gasteiger partial charge in [-0.3, -0.25) is 4.79 Å². The van der Waals surface area contributed by atoms with Gasteiger partial charge in [0.15, 0.2) is 0 Å². The van der Waals surface area contributed by atoms with Gasteiger partial charge in [0.25, 0.3) is 5.91 Å². The molecule has 4 heteroatoms. The van der Waals surface area contributed by atoms with Crippen molar-refractivity contribution in [2.75, 3.05) is 18.0 Å². The molecule has 0 aromatic heterocycles. The van der Waals surface area contributed by atoms with Crippen molar-refractivity contribution in [3.05, 3.63) is 28.8 Å². The molecule has 1 saturated heterocycles. The number of benzene rings is 1. The first-order valence-electron chi connectivity index (χ1n) is 5.53. The molecule has 1 aromatic carbocycles. The largest absolute Gasteiger partial charge is 0.371 e. The third-order valence-corrected chi connectivity index (χ3v) is 3.16. The summed E-state index contributed by atoms with van der Waals surface area (Å²) in [6.07, 6.45) is 3.57. The second kappa shape index (κ2) is 4.74. The van der Waals surface area contributed by atoms with E-state index >= 15 is 0 Å². The fourth-order valence-electron chi connectivity index (χ4n) is 2.11. The Morgan fingerprint density at radius 1 is 1.25 bits per heavy atom. The molecule has 3 nitrogen and oxygen atoms in total. The molecule has 2 rings (SSSR count). The highest BCUT2D eigenvalue weighted by molar-refractivity contribution is 6.31. The molecule has 0 unspecified atom stereocenters. The predicted molar refractivity (Wildman–Crippen MR) is 66.0 cm³/mol. The molecule has 0 bridgehead atoms. The Balaban J connectivity index is 2.36. The molecule has 1 heterocycles. The summed E-state index contributed by atoms with van der Waals surface area (Å²) in [6.45, 7) is 1.95. The number of primary amides is 1. The monoisotopic (exact) mass is 238 g/mol. The summed E-state index contributed by atoms with van der Waals surface area (Å²) in [4.78, 5) is 13.5. The number of amides is 1. The summed E-state index contributed by atoms with van der Waals surface area (Å²) in [5, 5.41) is 0.644. The van der Waals surface area contributed by atoms with E-state index in [-0.39, 0.29) is 0 Å². The van der Waals surface area contributed by atoms with E-state index in [4.69, 9.17) is 17.3 Å². The van der Waals surface area contributed by atoms with Gasteiger partial charge >= 0.3 is 0 Å². The first-order valence-corrected chi connectivity index (χ1v) is 5.90. The average molecular weight is 239 g/mol. The van der Waals surface area contributed by atoms with Gasteiger partial charge in [0.1, 0.15) is 0 Å². The minimum absolute atomic E-state index is 0.391. The molecule has 16 heavy (non-hydrogen) atoms. The molecule has 86 valence electrons. The normalized spacial score (nSPS) is 16.2. The summed E-state index contributed by atoms with van der Waals surface area (Å²) in [5.74, 6) is -0.391. The number of carbonyl (C=O) groups excluding carboxylic acids is 1. The zero-order valence-corrected chi connectivity index (χ0v) is 9.83. The molecule has 0 atom stereocenters. The summed E-state index contributed by atoms with van der Waals surface area (Å²) < 4.78 is 0. The summed E-state index contributed by atoms with van der Waals surface area (Å²) >= 11 is 5.96. The second-order valence-electron chi connectivity index (χ2n) is 4.07. The predicted octanol–water partition coefficient (Wildman–Crippen LogP) is 2.43. The second-order valence-corrected chi connectivity index (χ2v) is 4.51. The van der Waals surface area contributed by atoms with Crippen molar-refractivity contribution < 1.29 is 4.79 Å². The fraction of sp³-hybridized carbons (Fsp3) is 0.417. The highest BCUT2D eigenvalue weighted by Gasteiger charge is 2.17. The number of halogens is 1. The Hall–Kier alpha value is -1.22. The van der Waals surface area contributed by atoms with Crippen molar-refractivity contribution in [1.29, 1.82) is 0 Å². The first-order chi connectivity index (χ1) is 7.68. The smallest absolute Gasteiger partial charge is 0.250 e. The van der Waals surface area contributed by atoms with Gasteiger partial charge in [0, 0.05) is 18.1 Å². The highest BCUT2D eigenvalue weighted by atomic mass is 35.5. The van der Waals surface area contributed by atoms with Crippen LogP contribution in [0.15, 0.2) is 18.2 Å². The van der Waals surface area contributed by atoms with Gasteiger partial charge in [-0.15, -0.1) is 0 Å². The number of piperidine rings is 1. The van der Waals surface area contributed by atoms with Crippen molar-refractivity contribution in [2.45, 2.75) is 19.3 Å². The van der Waals surface area contributed by atoms with E-state index in [1.807, 2.05) is 6.07 Å². The van der Waals surface area contributed by atoms with Gasteiger partial charge < -0.3 is 10.6 Å². The van der Waals surface area contributed by atoms with Crippen LogP contribution in [0.5, 0.6) is 0 Å². The first kappa shape index (κ1) is 11.3. The van der Waals surface area contributed by atoms with Gasteiger partial charge in [0.05, 0.1) is 11.3 Å². The number of nitrogens with two attached hydrogens (primary N) is 1. The van der Waals surface area contributed by atoms with Crippen molar-refractivity contribution in [1.82, 2.24) is 0 Å². The maximum atomic E-state index is 11.3.